The first-order chi connectivity index (χ1) is 9.52. The fourth-order valence-electron chi connectivity index (χ4n) is 2.05. The molecule has 0 aliphatic heterocycles. The standard InChI is InChI=1S/C14H11FN2O2S/c15-10-4-8(3-9(5-10)14(18)19)11-6-12(20)17-13(16-11)7-1-2-7/h3-7H,1-2H2,(H,18,19)(H,16,17,20). The molecule has 0 radical (unpaired) electrons. The van der Waals surface area contributed by atoms with Crippen LogP contribution in [-0.4, -0.2) is 21.0 Å². The predicted octanol–water partition coefficient (Wildman–Crippen LogP) is 3.52. The van der Waals surface area contributed by atoms with Gasteiger partial charge in [-0.25, -0.2) is 14.2 Å². The van der Waals surface area contributed by atoms with E-state index in [2.05, 4.69) is 9.97 Å². The maximum Gasteiger partial charge on any atom is 0.335 e. The second-order valence-electron chi connectivity index (χ2n) is 4.83. The van der Waals surface area contributed by atoms with E-state index in [4.69, 9.17) is 17.3 Å². The molecule has 1 heterocycles. The molecule has 0 bridgehead atoms. The van der Waals surface area contributed by atoms with Gasteiger partial charge in [-0.05, 0) is 37.1 Å². The van der Waals surface area contributed by atoms with E-state index in [1.54, 1.807) is 6.07 Å². The molecule has 0 saturated heterocycles. The van der Waals surface area contributed by atoms with E-state index in [9.17, 15) is 9.18 Å². The molecule has 6 heteroatoms. The van der Waals surface area contributed by atoms with Gasteiger partial charge in [0.15, 0.2) is 0 Å². The third-order valence-electron chi connectivity index (χ3n) is 3.18. The molecule has 102 valence electrons. The Morgan fingerprint density at radius 3 is 2.75 bits per heavy atom. The van der Waals surface area contributed by atoms with Crippen LogP contribution in [0.3, 0.4) is 0 Å². The summed E-state index contributed by atoms with van der Waals surface area (Å²) in [5, 5.41) is 8.98. The highest BCUT2D eigenvalue weighted by molar-refractivity contribution is 7.71. The lowest BCUT2D eigenvalue weighted by Gasteiger charge is -2.07. The fraction of sp³-hybridized carbons (Fsp3) is 0.214. The zero-order valence-electron chi connectivity index (χ0n) is 10.4. The lowest BCUT2D eigenvalue weighted by molar-refractivity contribution is 0.0696. The van der Waals surface area contributed by atoms with E-state index < -0.39 is 11.8 Å². The summed E-state index contributed by atoms with van der Waals surface area (Å²) in [7, 11) is 0. The fourth-order valence-corrected chi connectivity index (χ4v) is 2.27. The van der Waals surface area contributed by atoms with Crippen LogP contribution in [0.4, 0.5) is 4.39 Å². The summed E-state index contributed by atoms with van der Waals surface area (Å²) in [4.78, 5) is 18.3. The molecule has 2 aromatic rings. The molecule has 1 aromatic heterocycles. The summed E-state index contributed by atoms with van der Waals surface area (Å²) in [6.07, 6.45) is 2.12. The van der Waals surface area contributed by atoms with Gasteiger partial charge in [-0.15, -0.1) is 0 Å². The number of halogens is 1. The SMILES string of the molecule is O=C(O)c1cc(F)cc(-c2cc(=S)nc(C3CC3)[nH]2)c1. The summed E-state index contributed by atoms with van der Waals surface area (Å²) < 4.78 is 13.9. The molecule has 1 aliphatic rings. The number of carbonyl (C=O) groups is 1. The highest BCUT2D eigenvalue weighted by atomic mass is 32.1. The number of hydrogen-bond donors (Lipinski definition) is 2. The van der Waals surface area contributed by atoms with Gasteiger partial charge in [0, 0.05) is 17.2 Å². The van der Waals surface area contributed by atoms with Gasteiger partial charge in [-0.2, -0.15) is 0 Å². The van der Waals surface area contributed by atoms with E-state index >= 15 is 0 Å². The molecule has 0 unspecified atom stereocenters. The molecule has 4 nitrogen and oxygen atoms in total. The zero-order chi connectivity index (χ0) is 14.3. The Balaban J connectivity index is 2.12. The summed E-state index contributed by atoms with van der Waals surface area (Å²) in [6, 6.07) is 5.30. The number of aromatic carboxylic acids is 1. The minimum absolute atomic E-state index is 0.0934. The number of aromatic nitrogens is 2. The van der Waals surface area contributed by atoms with Crippen LogP contribution in [0.2, 0.25) is 0 Å². The molecule has 1 aliphatic carbocycles. The van der Waals surface area contributed by atoms with Crippen molar-refractivity contribution in [2.45, 2.75) is 18.8 Å². The number of nitrogens with one attached hydrogen (secondary N) is 1. The third kappa shape index (κ3) is 2.60. The predicted molar refractivity (Wildman–Crippen MR) is 73.8 cm³/mol. The van der Waals surface area contributed by atoms with Gasteiger partial charge >= 0.3 is 5.97 Å². The molecule has 1 aromatic carbocycles. The van der Waals surface area contributed by atoms with E-state index in [1.807, 2.05) is 0 Å². The monoisotopic (exact) mass is 290 g/mol. The van der Waals surface area contributed by atoms with Gasteiger partial charge in [-0.1, -0.05) is 12.2 Å². The molecular weight excluding hydrogens is 279 g/mol. The van der Waals surface area contributed by atoms with Gasteiger partial charge in [0.1, 0.15) is 16.3 Å². The van der Waals surface area contributed by atoms with Crippen LogP contribution in [0.25, 0.3) is 11.3 Å². The molecule has 0 atom stereocenters. The van der Waals surface area contributed by atoms with Crippen molar-refractivity contribution in [1.29, 1.82) is 0 Å². The van der Waals surface area contributed by atoms with Crippen molar-refractivity contribution < 1.29 is 14.3 Å². The van der Waals surface area contributed by atoms with E-state index in [0.717, 1.165) is 24.7 Å². The number of carboxylic acid groups (broad SMARTS) is 1. The number of rotatable bonds is 3. The number of hydrogen-bond acceptors (Lipinski definition) is 3. The smallest absolute Gasteiger partial charge is 0.335 e. The van der Waals surface area contributed by atoms with Crippen LogP contribution in [-0.2, 0) is 0 Å². The van der Waals surface area contributed by atoms with Crippen molar-refractivity contribution in [3.8, 4) is 11.3 Å². The summed E-state index contributed by atoms with van der Waals surface area (Å²) >= 11 is 5.11. The highest BCUT2D eigenvalue weighted by Crippen LogP contribution is 2.38. The molecule has 20 heavy (non-hydrogen) atoms. The van der Waals surface area contributed by atoms with Gasteiger partial charge < -0.3 is 10.1 Å². The second-order valence-corrected chi connectivity index (χ2v) is 5.24. The average Bonchev–Trinajstić information content (AvgIpc) is 3.21. The lowest BCUT2D eigenvalue weighted by Crippen LogP contribution is -2.00. The van der Waals surface area contributed by atoms with Crippen LogP contribution in [0.5, 0.6) is 0 Å². The Morgan fingerprint density at radius 2 is 2.10 bits per heavy atom. The Morgan fingerprint density at radius 1 is 1.35 bits per heavy atom. The summed E-state index contributed by atoms with van der Waals surface area (Å²) in [5.74, 6) is -0.595. The first-order valence-corrected chi connectivity index (χ1v) is 6.59. The number of benzene rings is 1. The molecule has 0 amide bonds. The van der Waals surface area contributed by atoms with Crippen LogP contribution >= 0.6 is 12.2 Å². The number of aromatic amines is 1. The van der Waals surface area contributed by atoms with Crippen molar-refractivity contribution >= 4 is 18.2 Å². The van der Waals surface area contributed by atoms with E-state index in [1.165, 1.54) is 12.1 Å². The average molecular weight is 290 g/mol. The Hall–Kier alpha value is -2.08. The van der Waals surface area contributed by atoms with Crippen LogP contribution < -0.4 is 0 Å². The largest absolute Gasteiger partial charge is 0.478 e. The first kappa shape index (κ1) is 12.9. The van der Waals surface area contributed by atoms with Crippen LogP contribution in [0.15, 0.2) is 24.3 Å². The summed E-state index contributed by atoms with van der Waals surface area (Å²) in [5.41, 5.74) is 0.954. The lowest BCUT2D eigenvalue weighted by atomic mass is 10.1. The van der Waals surface area contributed by atoms with Crippen molar-refractivity contribution in [1.82, 2.24) is 9.97 Å². The maximum atomic E-state index is 13.5. The van der Waals surface area contributed by atoms with Crippen molar-refractivity contribution in [2.75, 3.05) is 0 Å². The minimum atomic E-state index is -1.17. The van der Waals surface area contributed by atoms with Crippen LogP contribution in [0, 0.1) is 10.5 Å². The molecule has 1 saturated carbocycles. The minimum Gasteiger partial charge on any atom is -0.478 e. The normalized spacial score (nSPS) is 14.2. The van der Waals surface area contributed by atoms with E-state index in [-0.39, 0.29) is 5.56 Å². The van der Waals surface area contributed by atoms with Crippen molar-refractivity contribution in [2.24, 2.45) is 0 Å². The highest BCUT2D eigenvalue weighted by Gasteiger charge is 2.26. The Labute approximate surface area is 119 Å². The molecule has 1 fully saturated rings. The van der Waals surface area contributed by atoms with Crippen molar-refractivity contribution in [3.05, 3.63) is 46.1 Å². The summed E-state index contributed by atoms with van der Waals surface area (Å²) in [6.45, 7) is 0. The second kappa shape index (κ2) is 4.79. The number of nitrogens with zero attached hydrogens (tertiary/aromatic N) is 1. The van der Waals surface area contributed by atoms with Gasteiger partial charge in [0.05, 0.1) is 5.56 Å². The molecule has 0 spiro atoms. The molecular formula is C14H11FN2O2S. The first-order valence-electron chi connectivity index (χ1n) is 6.18. The Bertz CT molecular complexity index is 753. The topological polar surface area (TPSA) is 66.0 Å². The number of H-pyrrole nitrogens is 1. The molecule has 3 rings (SSSR count). The number of carboxylic acids is 1. The zero-order valence-corrected chi connectivity index (χ0v) is 11.2. The van der Waals surface area contributed by atoms with Gasteiger partial charge in [0.2, 0.25) is 0 Å². The van der Waals surface area contributed by atoms with Gasteiger partial charge in [0.25, 0.3) is 0 Å². The molecule has 2 N–H and O–H groups in total. The quantitative estimate of drug-likeness (QED) is 0.849. The van der Waals surface area contributed by atoms with Gasteiger partial charge in [-0.3, -0.25) is 0 Å². The third-order valence-corrected chi connectivity index (χ3v) is 3.39. The maximum absolute atomic E-state index is 13.5. The van der Waals surface area contributed by atoms with Crippen molar-refractivity contribution in [3.63, 3.8) is 0 Å². The Kier molecular flexibility index (Phi) is 3.10. The van der Waals surface area contributed by atoms with E-state index in [0.29, 0.717) is 21.8 Å². The van der Waals surface area contributed by atoms with Crippen LogP contribution in [0.1, 0.15) is 34.9 Å².